The third kappa shape index (κ3) is 5.71. The number of alkyl halides is 5. The summed E-state index contributed by atoms with van der Waals surface area (Å²) in [6.45, 7) is 1.17. The lowest BCUT2D eigenvalue weighted by Crippen LogP contribution is -2.41. The highest BCUT2D eigenvalue weighted by molar-refractivity contribution is 5.96. The molecule has 0 unspecified atom stereocenters. The highest BCUT2D eigenvalue weighted by Crippen LogP contribution is 2.42. The van der Waals surface area contributed by atoms with Crippen molar-refractivity contribution in [3.8, 4) is 5.88 Å². The molecular formula is C21H22F5N5O5. The van der Waals surface area contributed by atoms with Gasteiger partial charge in [-0.3, -0.25) is 14.3 Å². The first-order valence-corrected chi connectivity index (χ1v) is 10.6. The summed E-state index contributed by atoms with van der Waals surface area (Å²) in [6, 6.07) is 5.32. The second-order valence-corrected chi connectivity index (χ2v) is 8.22. The minimum atomic E-state index is -5.08. The summed E-state index contributed by atoms with van der Waals surface area (Å²) in [5.41, 5.74) is -1.46. The van der Waals surface area contributed by atoms with Crippen LogP contribution < -0.4 is 10.1 Å². The number of carboxylic acid groups (broad SMARTS) is 1. The number of carbonyl (C=O) groups is 3. The lowest BCUT2D eigenvalue weighted by molar-refractivity contribution is -0.192. The number of hydrogen-bond acceptors (Lipinski definition) is 6. The molecule has 36 heavy (non-hydrogen) atoms. The van der Waals surface area contributed by atoms with Gasteiger partial charge in [-0.1, -0.05) is 6.07 Å². The van der Waals surface area contributed by atoms with Gasteiger partial charge in [0.1, 0.15) is 5.69 Å². The van der Waals surface area contributed by atoms with Crippen molar-refractivity contribution in [2.75, 3.05) is 26.2 Å². The van der Waals surface area contributed by atoms with Gasteiger partial charge in [-0.2, -0.15) is 18.3 Å². The largest absolute Gasteiger partial charge is 0.490 e. The van der Waals surface area contributed by atoms with E-state index in [0.29, 0.717) is 25.4 Å². The highest BCUT2D eigenvalue weighted by atomic mass is 19.4. The Morgan fingerprint density at radius 1 is 1.33 bits per heavy atom. The van der Waals surface area contributed by atoms with Crippen LogP contribution in [0.1, 0.15) is 28.9 Å². The average Bonchev–Trinajstić information content (AvgIpc) is 3.51. The molecule has 2 N–H and O–H groups in total. The third-order valence-corrected chi connectivity index (χ3v) is 5.94. The molecule has 10 nitrogen and oxygen atoms in total. The molecule has 0 saturated carbocycles. The van der Waals surface area contributed by atoms with Crippen LogP contribution in [0.25, 0.3) is 0 Å². The molecule has 0 aliphatic carbocycles. The quantitative estimate of drug-likeness (QED) is 0.579. The third-order valence-electron chi connectivity index (χ3n) is 5.94. The number of ether oxygens (including phenoxy) is 1. The molecule has 2 aliphatic heterocycles. The van der Waals surface area contributed by atoms with Gasteiger partial charge in [-0.05, 0) is 12.5 Å². The zero-order valence-electron chi connectivity index (χ0n) is 18.8. The van der Waals surface area contributed by atoms with E-state index in [1.165, 1.54) is 22.8 Å². The fraction of sp³-hybridized carbons (Fsp3) is 0.476. The maximum absolute atomic E-state index is 13.2. The van der Waals surface area contributed by atoms with Gasteiger partial charge in [-0.15, -0.1) is 0 Å². The van der Waals surface area contributed by atoms with Gasteiger partial charge in [-0.25, -0.2) is 18.6 Å². The molecule has 2 saturated heterocycles. The van der Waals surface area contributed by atoms with Crippen LogP contribution in [-0.4, -0.2) is 75.0 Å². The topological polar surface area (TPSA) is 127 Å². The van der Waals surface area contributed by atoms with Gasteiger partial charge < -0.3 is 20.1 Å². The Morgan fingerprint density at radius 2 is 2.03 bits per heavy atom. The number of carbonyl (C=O) groups excluding carboxylic acids is 2. The molecule has 2 aliphatic rings. The normalized spacial score (nSPS) is 21.4. The van der Waals surface area contributed by atoms with Crippen molar-refractivity contribution in [2.45, 2.75) is 19.0 Å². The molecule has 4 rings (SSSR count). The Hall–Kier alpha value is -3.78. The monoisotopic (exact) mass is 519 g/mol. The van der Waals surface area contributed by atoms with Crippen molar-refractivity contribution >= 4 is 17.8 Å². The minimum absolute atomic E-state index is 0.126. The van der Waals surface area contributed by atoms with Crippen LogP contribution in [0.5, 0.6) is 5.88 Å². The average molecular weight is 519 g/mol. The second kappa shape index (κ2) is 10.5. The molecule has 2 aromatic rings. The molecule has 196 valence electrons. The lowest BCUT2D eigenvalue weighted by Gasteiger charge is -2.28. The van der Waals surface area contributed by atoms with Crippen LogP contribution in [0.2, 0.25) is 0 Å². The van der Waals surface area contributed by atoms with Crippen molar-refractivity contribution < 1.29 is 46.2 Å². The first kappa shape index (κ1) is 26.8. The van der Waals surface area contributed by atoms with E-state index in [1.807, 2.05) is 0 Å². The number of halogens is 5. The number of aliphatic carboxylic acids is 1. The summed E-state index contributed by atoms with van der Waals surface area (Å²) >= 11 is 0. The molecule has 4 heterocycles. The van der Waals surface area contributed by atoms with Gasteiger partial charge in [0.2, 0.25) is 11.8 Å². The van der Waals surface area contributed by atoms with Crippen molar-refractivity contribution in [3.05, 3.63) is 41.9 Å². The van der Waals surface area contributed by atoms with Crippen LogP contribution in [-0.2, 0) is 16.6 Å². The zero-order valence-corrected chi connectivity index (χ0v) is 18.8. The van der Waals surface area contributed by atoms with Gasteiger partial charge >= 0.3 is 12.1 Å². The molecule has 2 aromatic heterocycles. The van der Waals surface area contributed by atoms with E-state index in [2.05, 4.69) is 15.4 Å². The molecule has 0 aromatic carbocycles. The first-order chi connectivity index (χ1) is 16.8. The van der Waals surface area contributed by atoms with E-state index in [-0.39, 0.29) is 30.5 Å². The van der Waals surface area contributed by atoms with Crippen LogP contribution in [0.4, 0.5) is 22.0 Å². The van der Waals surface area contributed by atoms with E-state index in [1.54, 1.807) is 24.4 Å². The van der Waals surface area contributed by atoms with Gasteiger partial charge in [0.15, 0.2) is 0 Å². The number of rotatable bonds is 5. The Balaban J connectivity index is 0.000000454. The van der Waals surface area contributed by atoms with E-state index < -0.39 is 35.6 Å². The predicted octanol–water partition coefficient (Wildman–Crippen LogP) is 2.04. The van der Waals surface area contributed by atoms with Crippen molar-refractivity contribution in [1.29, 1.82) is 0 Å². The van der Waals surface area contributed by atoms with Crippen LogP contribution in [0.15, 0.2) is 30.6 Å². The summed E-state index contributed by atoms with van der Waals surface area (Å²) in [5, 5.41) is 13.7. The van der Waals surface area contributed by atoms with Crippen molar-refractivity contribution in [2.24, 2.45) is 18.4 Å². The smallest absolute Gasteiger partial charge is 0.477 e. The van der Waals surface area contributed by atoms with Crippen molar-refractivity contribution in [3.63, 3.8) is 0 Å². The maximum atomic E-state index is 13.2. The molecule has 0 bridgehead atoms. The molecule has 15 heteroatoms. The molecule has 0 radical (unpaired) electrons. The number of aryl methyl sites for hydroxylation is 1. The molecule has 2 fully saturated rings. The summed E-state index contributed by atoms with van der Waals surface area (Å²) < 4.78 is 65.1. The van der Waals surface area contributed by atoms with Crippen LogP contribution in [0, 0.1) is 11.3 Å². The number of hydrogen-bond donors (Lipinski definition) is 2. The molecule has 2 atom stereocenters. The van der Waals surface area contributed by atoms with E-state index in [4.69, 9.17) is 14.6 Å². The number of carboxylic acids is 1. The summed E-state index contributed by atoms with van der Waals surface area (Å²) in [7, 11) is 1.49. The standard InChI is InChI=1S/C19H21F2N5O3.C2HF3O2/c1-25-9-13(15(24-25)16(20)21)17(27)26-7-5-19(11-26)12(8-23-18(19)28)10-29-14-4-2-3-6-22-14;3-2(4,5)1(6)7/h2-4,6,9,12,16H,5,7-8,10-11H2,1H3,(H,23,28);(H,6,7)/t12-,19-;/m1./s1. The summed E-state index contributed by atoms with van der Waals surface area (Å²) in [5.74, 6) is -3.12. The van der Waals surface area contributed by atoms with E-state index >= 15 is 0 Å². The number of nitrogens with one attached hydrogen (secondary N) is 1. The van der Waals surface area contributed by atoms with Crippen LogP contribution >= 0.6 is 0 Å². The molecule has 2 amide bonds. The summed E-state index contributed by atoms with van der Waals surface area (Å²) in [4.78, 5) is 40.0. The van der Waals surface area contributed by atoms with Gasteiger partial charge in [0, 0.05) is 51.1 Å². The zero-order chi connectivity index (χ0) is 26.7. The maximum Gasteiger partial charge on any atom is 0.490 e. The number of nitrogens with zero attached hydrogens (tertiary/aromatic N) is 4. The Labute approximate surface area is 201 Å². The Kier molecular flexibility index (Phi) is 7.79. The minimum Gasteiger partial charge on any atom is -0.477 e. The number of aromatic nitrogens is 3. The van der Waals surface area contributed by atoms with E-state index in [0.717, 1.165) is 0 Å². The predicted molar refractivity (Wildman–Crippen MR) is 111 cm³/mol. The molecular weight excluding hydrogens is 497 g/mol. The van der Waals surface area contributed by atoms with Crippen molar-refractivity contribution in [1.82, 2.24) is 25.0 Å². The van der Waals surface area contributed by atoms with Gasteiger partial charge in [0.05, 0.1) is 17.6 Å². The first-order valence-electron chi connectivity index (χ1n) is 10.6. The number of likely N-dealkylation sites (tertiary alicyclic amines) is 1. The fourth-order valence-corrected chi connectivity index (χ4v) is 4.14. The highest BCUT2D eigenvalue weighted by Gasteiger charge is 2.55. The lowest BCUT2D eigenvalue weighted by atomic mass is 9.77. The number of pyridine rings is 1. The Bertz CT molecular complexity index is 1110. The second-order valence-electron chi connectivity index (χ2n) is 8.22. The Morgan fingerprint density at radius 3 is 2.61 bits per heavy atom. The van der Waals surface area contributed by atoms with Gasteiger partial charge in [0.25, 0.3) is 12.3 Å². The molecule has 1 spiro atoms. The van der Waals surface area contributed by atoms with Crippen LogP contribution in [0.3, 0.4) is 0 Å². The fourth-order valence-electron chi connectivity index (χ4n) is 4.14. The summed E-state index contributed by atoms with van der Waals surface area (Å²) in [6.07, 6.45) is -4.56. The number of amides is 2. The SMILES string of the molecule is Cn1cc(C(=O)N2CC[C@]3(C2)C(=O)NC[C@@H]3COc2ccccn2)c(C(F)F)n1.O=C(O)C(F)(F)F. The van der Waals surface area contributed by atoms with E-state index in [9.17, 15) is 31.5 Å².